The van der Waals surface area contributed by atoms with Crippen molar-refractivity contribution in [2.24, 2.45) is 14.1 Å². The lowest BCUT2D eigenvalue weighted by atomic mass is 10.2. The van der Waals surface area contributed by atoms with Crippen LogP contribution >= 0.6 is 0 Å². The molecule has 1 heterocycles. The van der Waals surface area contributed by atoms with Crippen molar-refractivity contribution < 1.29 is 8.96 Å². The molecule has 0 bridgehead atoms. The Hall–Kier alpha value is -1.64. The Kier molecular flexibility index (Phi) is 2.08. The first-order valence-corrected chi connectivity index (χ1v) is 4.45. The molecule has 0 saturated heterocycles. The molecule has 2 aromatic rings. The fraction of sp³-hybridized carbons (Fsp3) is 0.182. The van der Waals surface area contributed by atoms with Gasteiger partial charge in [-0.1, -0.05) is 0 Å². The summed E-state index contributed by atoms with van der Waals surface area (Å²) in [5.74, 6) is 0.857. The van der Waals surface area contributed by atoms with Crippen molar-refractivity contribution in [3.8, 4) is 11.4 Å². The Bertz CT molecular complexity index is 423. The van der Waals surface area contributed by atoms with Gasteiger partial charge in [-0.25, -0.2) is 13.5 Å². The van der Waals surface area contributed by atoms with Crippen LogP contribution in [-0.4, -0.2) is 4.57 Å². The summed E-state index contributed by atoms with van der Waals surface area (Å²) >= 11 is 0. The molecule has 72 valence electrons. The SMILES string of the molecule is Cn1cc[n+](C)c1-c1ccc(F)cc1. The number of imidazole rings is 1. The monoisotopic (exact) mass is 191 g/mol. The first kappa shape index (κ1) is 8.94. The molecule has 14 heavy (non-hydrogen) atoms. The zero-order chi connectivity index (χ0) is 10.1. The molecule has 0 saturated carbocycles. The van der Waals surface area contributed by atoms with Crippen molar-refractivity contribution in [3.05, 3.63) is 42.5 Å². The van der Waals surface area contributed by atoms with Gasteiger partial charge in [-0.15, -0.1) is 0 Å². The van der Waals surface area contributed by atoms with Gasteiger partial charge in [0.1, 0.15) is 18.2 Å². The highest BCUT2D eigenvalue weighted by Gasteiger charge is 2.13. The van der Waals surface area contributed by atoms with E-state index in [2.05, 4.69) is 0 Å². The third kappa shape index (κ3) is 1.41. The van der Waals surface area contributed by atoms with Crippen molar-refractivity contribution in [1.29, 1.82) is 0 Å². The largest absolute Gasteiger partial charge is 0.288 e. The van der Waals surface area contributed by atoms with E-state index in [4.69, 9.17) is 0 Å². The quantitative estimate of drug-likeness (QED) is 0.606. The summed E-state index contributed by atoms with van der Waals surface area (Å²) in [6, 6.07) is 6.51. The van der Waals surface area contributed by atoms with E-state index in [0.717, 1.165) is 11.4 Å². The van der Waals surface area contributed by atoms with E-state index in [1.807, 2.05) is 35.6 Å². The van der Waals surface area contributed by atoms with Gasteiger partial charge in [-0.05, 0) is 24.3 Å². The molecule has 0 unspecified atom stereocenters. The summed E-state index contributed by atoms with van der Waals surface area (Å²) in [7, 11) is 3.94. The van der Waals surface area contributed by atoms with Gasteiger partial charge in [0.2, 0.25) is 0 Å². The van der Waals surface area contributed by atoms with Crippen LogP contribution in [0.5, 0.6) is 0 Å². The van der Waals surface area contributed by atoms with E-state index in [-0.39, 0.29) is 5.82 Å². The molecule has 0 radical (unpaired) electrons. The molecule has 0 fully saturated rings. The molecular weight excluding hydrogens is 179 g/mol. The van der Waals surface area contributed by atoms with Crippen LogP contribution in [0.1, 0.15) is 0 Å². The minimum Gasteiger partial charge on any atom is -0.233 e. The van der Waals surface area contributed by atoms with Crippen molar-refractivity contribution in [2.45, 2.75) is 0 Å². The van der Waals surface area contributed by atoms with E-state index in [1.54, 1.807) is 12.1 Å². The average molecular weight is 191 g/mol. The summed E-state index contributed by atoms with van der Waals surface area (Å²) in [6.07, 6.45) is 3.94. The molecule has 0 spiro atoms. The van der Waals surface area contributed by atoms with E-state index in [1.165, 1.54) is 12.1 Å². The fourth-order valence-electron chi connectivity index (χ4n) is 1.60. The minimum absolute atomic E-state index is 0.203. The number of aromatic nitrogens is 2. The molecular formula is C11H12FN2+. The lowest BCUT2D eigenvalue weighted by Crippen LogP contribution is -2.28. The van der Waals surface area contributed by atoms with Gasteiger partial charge in [-0.2, -0.15) is 0 Å². The topological polar surface area (TPSA) is 8.81 Å². The second-order valence-corrected chi connectivity index (χ2v) is 3.35. The Morgan fingerprint density at radius 1 is 1.21 bits per heavy atom. The van der Waals surface area contributed by atoms with Crippen LogP contribution in [0, 0.1) is 5.82 Å². The number of halogens is 1. The first-order chi connectivity index (χ1) is 6.68. The van der Waals surface area contributed by atoms with Gasteiger partial charge < -0.3 is 0 Å². The maximum absolute atomic E-state index is 12.7. The zero-order valence-corrected chi connectivity index (χ0v) is 8.24. The Morgan fingerprint density at radius 2 is 1.86 bits per heavy atom. The van der Waals surface area contributed by atoms with Crippen LogP contribution in [0.25, 0.3) is 11.4 Å². The number of hydrogen-bond acceptors (Lipinski definition) is 0. The number of hydrogen-bond donors (Lipinski definition) is 0. The molecule has 0 aliphatic heterocycles. The Morgan fingerprint density at radius 3 is 2.36 bits per heavy atom. The highest BCUT2D eigenvalue weighted by atomic mass is 19.1. The van der Waals surface area contributed by atoms with Crippen LogP contribution in [0.2, 0.25) is 0 Å². The maximum atomic E-state index is 12.7. The van der Waals surface area contributed by atoms with Crippen molar-refractivity contribution in [2.75, 3.05) is 0 Å². The minimum atomic E-state index is -0.203. The lowest BCUT2D eigenvalue weighted by Gasteiger charge is -1.98. The van der Waals surface area contributed by atoms with Crippen LogP contribution in [0.15, 0.2) is 36.7 Å². The molecule has 1 aromatic heterocycles. The summed E-state index contributed by atoms with van der Waals surface area (Å²) in [4.78, 5) is 0. The van der Waals surface area contributed by atoms with Crippen LogP contribution in [0.4, 0.5) is 4.39 Å². The smallest absolute Gasteiger partial charge is 0.233 e. The van der Waals surface area contributed by atoms with Crippen LogP contribution in [-0.2, 0) is 14.1 Å². The normalized spacial score (nSPS) is 10.5. The van der Waals surface area contributed by atoms with E-state index >= 15 is 0 Å². The van der Waals surface area contributed by atoms with Gasteiger partial charge in [0.25, 0.3) is 5.82 Å². The second-order valence-electron chi connectivity index (χ2n) is 3.35. The lowest BCUT2D eigenvalue weighted by molar-refractivity contribution is -0.659. The van der Waals surface area contributed by atoms with Gasteiger partial charge in [0, 0.05) is 0 Å². The van der Waals surface area contributed by atoms with Crippen LogP contribution < -0.4 is 4.57 Å². The van der Waals surface area contributed by atoms with Gasteiger partial charge >= 0.3 is 0 Å². The molecule has 0 atom stereocenters. The summed E-state index contributed by atoms with van der Waals surface area (Å²) in [5.41, 5.74) is 1.02. The van der Waals surface area contributed by atoms with Crippen LogP contribution in [0.3, 0.4) is 0 Å². The fourth-order valence-corrected chi connectivity index (χ4v) is 1.60. The molecule has 0 amide bonds. The Balaban J connectivity index is 2.54. The van der Waals surface area contributed by atoms with E-state index in [0.29, 0.717) is 0 Å². The van der Waals surface area contributed by atoms with Crippen molar-refractivity contribution >= 4 is 0 Å². The van der Waals surface area contributed by atoms with Gasteiger partial charge in [0.15, 0.2) is 0 Å². The predicted molar refractivity (Wildman–Crippen MR) is 52.0 cm³/mol. The third-order valence-electron chi connectivity index (χ3n) is 2.28. The summed E-state index contributed by atoms with van der Waals surface area (Å²) in [5, 5.41) is 0. The maximum Gasteiger partial charge on any atom is 0.288 e. The second kappa shape index (κ2) is 3.25. The number of rotatable bonds is 1. The predicted octanol–water partition coefficient (Wildman–Crippen LogP) is 1.66. The van der Waals surface area contributed by atoms with Gasteiger partial charge in [-0.3, -0.25) is 0 Å². The highest BCUT2D eigenvalue weighted by molar-refractivity contribution is 5.52. The van der Waals surface area contributed by atoms with E-state index < -0.39 is 0 Å². The molecule has 1 aromatic carbocycles. The third-order valence-corrected chi connectivity index (χ3v) is 2.28. The highest BCUT2D eigenvalue weighted by Crippen LogP contribution is 2.14. The standard InChI is InChI=1S/C11H12FN2/c1-13-7-8-14(2)11(13)9-3-5-10(12)6-4-9/h3-8H,1-2H3/q+1. The van der Waals surface area contributed by atoms with E-state index in [9.17, 15) is 4.39 Å². The zero-order valence-electron chi connectivity index (χ0n) is 8.24. The summed E-state index contributed by atoms with van der Waals surface area (Å²) < 4.78 is 16.7. The molecule has 0 N–H and O–H groups in total. The molecule has 2 rings (SSSR count). The molecule has 2 nitrogen and oxygen atoms in total. The van der Waals surface area contributed by atoms with Crippen molar-refractivity contribution in [3.63, 3.8) is 0 Å². The first-order valence-electron chi connectivity index (χ1n) is 4.45. The molecule has 3 heteroatoms. The summed E-state index contributed by atoms with van der Waals surface area (Å²) in [6.45, 7) is 0. The molecule has 0 aliphatic rings. The number of aryl methyl sites for hydroxylation is 2. The van der Waals surface area contributed by atoms with Gasteiger partial charge in [0.05, 0.1) is 19.7 Å². The Labute approximate surface area is 82.2 Å². The number of nitrogens with zero attached hydrogens (tertiary/aromatic N) is 2. The van der Waals surface area contributed by atoms with Crippen molar-refractivity contribution in [1.82, 2.24) is 4.57 Å². The molecule has 0 aliphatic carbocycles. The number of benzene rings is 1. The average Bonchev–Trinajstić information content (AvgIpc) is 2.49.